The van der Waals surface area contributed by atoms with Crippen molar-refractivity contribution in [3.63, 3.8) is 0 Å². The lowest BCUT2D eigenvalue weighted by Crippen LogP contribution is -2.10. The van der Waals surface area contributed by atoms with Gasteiger partial charge in [-0.25, -0.2) is 9.97 Å². The summed E-state index contributed by atoms with van der Waals surface area (Å²) in [6.07, 6.45) is 3.75. The molecule has 250 valence electrons. The van der Waals surface area contributed by atoms with Gasteiger partial charge in [-0.1, -0.05) is 72.8 Å². The van der Waals surface area contributed by atoms with Gasteiger partial charge in [0.1, 0.15) is 33.4 Å². The molecule has 0 saturated carbocycles. The summed E-state index contributed by atoms with van der Waals surface area (Å²) in [5, 5.41) is 4.34. The van der Waals surface area contributed by atoms with E-state index in [9.17, 15) is 0 Å². The molecule has 0 N–H and O–H groups in total. The van der Waals surface area contributed by atoms with Crippen LogP contribution in [0.5, 0.6) is 0 Å². The number of furan rings is 3. The van der Waals surface area contributed by atoms with Crippen LogP contribution >= 0.6 is 0 Å². The highest BCUT2D eigenvalue weighted by Gasteiger charge is 2.21. The molecule has 0 fully saturated rings. The van der Waals surface area contributed by atoms with E-state index in [4.69, 9.17) is 23.2 Å². The van der Waals surface area contributed by atoms with E-state index < -0.39 is 0 Å². The molecule has 53 heavy (non-hydrogen) atoms. The zero-order valence-electron chi connectivity index (χ0n) is 28.2. The number of pyridine rings is 2. The second-order valence-electron chi connectivity index (χ2n) is 13.1. The SMILES string of the molecule is c1ccc(N(c2ccc3c(c2)oc2ccccc23)c2cnc3c(c2)oc2cc(N(c4ccccc4)c4ccc5c(c4)oc4ccccc45)cnc23)cc1. The Bertz CT molecular complexity index is 2930. The summed E-state index contributed by atoms with van der Waals surface area (Å²) in [5.41, 5.74) is 11.6. The van der Waals surface area contributed by atoms with Gasteiger partial charge in [-0.05, 0) is 60.7 Å². The molecule has 0 bridgehead atoms. The van der Waals surface area contributed by atoms with Crippen molar-refractivity contribution in [2.75, 3.05) is 9.80 Å². The van der Waals surface area contributed by atoms with E-state index in [2.05, 4.69) is 82.6 Å². The molecule has 0 amide bonds. The Labute approximate surface area is 302 Å². The first kappa shape index (κ1) is 29.4. The number of aromatic nitrogens is 2. The van der Waals surface area contributed by atoms with E-state index in [0.717, 1.165) is 78.0 Å². The van der Waals surface area contributed by atoms with E-state index >= 15 is 0 Å². The normalized spacial score (nSPS) is 11.8. The summed E-state index contributed by atoms with van der Waals surface area (Å²) >= 11 is 0. The maximum absolute atomic E-state index is 6.58. The van der Waals surface area contributed by atoms with Gasteiger partial charge in [-0.3, -0.25) is 0 Å². The molecule has 0 saturated heterocycles. The molecule has 5 aromatic heterocycles. The monoisotopic (exact) mass is 684 g/mol. The van der Waals surface area contributed by atoms with Crippen LogP contribution in [0, 0.1) is 0 Å². The summed E-state index contributed by atoms with van der Waals surface area (Å²) in [4.78, 5) is 14.2. The van der Waals surface area contributed by atoms with Crippen LogP contribution in [0.15, 0.2) is 183 Å². The molecule has 0 atom stereocenters. The van der Waals surface area contributed by atoms with Crippen molar-refractivity contribution in [2.45, 2.75) is 0 Å². The van der Waals surface area contributed by atoms with E-state index in [0.29, 0.717) is 22.2 Å². The van der Waals surface area contributed by atoms with Crippen LogP contribution in [0.1, 0.15) is 0 Å². The van der Waals surface area contributed by atoms with Crippen LogP contribution in [0.25, 0.3) is 66.1 Å². The van der Waals surface area contributed by atoms with Crippen LogP contribution < -0.4 is 9.80 Å². The Hall–Kier alpha value is -7.38. The van der Waals surface area contributed by atoms with E-state index in [-0.39, 0.29) is 0 Å². The van der Waals surface area contributed by atoms with Gasteiger partial charge in [0.25, 0.3) is 0 Å². The van der Waals surface area contributed by atoms with Crippen molar-refractivity contribution in [3.8, 4) is 0 Å². The van der Waals surface area contributed by atoms with Gasteiger partial charge in [0, 0.05) is 68.6 Å². The van der Waals surface area contributed by atoms with Gasteiger partial charge in [0.05, 0.1) is 23.8 Å². The van der Waals surface area contributed by atoms with Crippen LogP contribution in [0.3, 0.4) is 0 Å². The summed E-state index contributed by atoms with van der Waals surface area (Å²) in [5.74, 6) is 0. The number of rotatable bonds is 6. The number of para-hydroxylation sites is 4. The smallest absolute Gasteiger partial charge is 0.157 e. The summed E-state index contributed by atoms with van der Waals surface area (Å²) < 4.78 is 19.1. The largest absolute Gasteiger partial charge is 0.456 e. The van der Waals surface area contributed by atoms with Crippen LogP contribution in [0.2, 0.25) is 0 Å². The topological polar surface area (TPSA) is 71.7 Å². The average molecular weight is 685 g/mol. The highest BCUT2D eigenvalue weighted by Crippen LogP contribution is 2.42. The minimum absolute atomic E-state index is 0.642. The van der Waals surface area contributed by atoms with Crippen LogP contribution in [-0.2, 0) is 0 Å². The Morgan fingerprint density at radius 1 is 0.302 bits per heavy atom. The predicted octanol–water partition coefficient (Wildman–Crippen LogP) is 13.1. The number of benzene rings is 6. The van der Waals surface area contributed by atoms with Crippen molar-refractivity contribution in [1.29, 1.82) is 0 Å². The fourth-order valence-corrected chi connectivity index (χ4v) is 7.50. The highest BCUT2D eigenvalue weighted by molar-refractivity contribution is 6.08. The van der Waals surface area contributed by atoms with Gasteiger partial charge >= 0.3 is 0 Å². The minimum atomic E-state index is 0.642. The number of anilines is 6. The first-order chi connectivity index (χ1) is 26.2. The highest BCUT2D eigenvalue weighted by atomic mass is 16.3. The fourth-order valence-electron chi connectivity index (χ4n) is 7.50. The molecule has 0 aliphatic heterocycles. The fraction of sp³-hybridized carbons (Fsp3) is 0. The Morgan fingerprint density at radius 3 is 1.15 bits per heavy atom. The first-order valence-electron chi connectivity index (χ1n) is 17.5. The molecule has 0 unspecified atom stereocenters. The molecule has 7 nitrogen and oxygen atoms in total. The molecule has 11 rings (SSSR count). The lowest BCUT2D eigenvalue weighted by atomic mass is 10.1. The molecular formula is C46H28N4O3. The maximum Gasteiger partial charge on any atom is 0.157 e. The standard InChI is InChI=1S/C46H28N4O3/c1-3-11-29(12-4-1)49(31-19-21-37-35-15-7-9-17-39(35)51-41(37)23-31)33-25-43-45(47-27-33)46-44(53-43)26-34(28-48-46)50(30-13-5-2-6-14-30)32-20-22-38-36-16-8-10-18-40(36)52-42(38)24-32/h1-28H. The second kappa shape index (κ2) is 11.6. The average Bonchev–Trinajstić information content (AvgIpc) is 3.89. The molecule has 0 aliphatic rings. The molecular weight excluding hydrogens is 657 g/mol. The molecule has 7 heteroatoms. The molecule has 0 radical (unpaired) electrons. The number of fused-ring (bicyclic) bond motifs is 9. The van der Waals surface area contributed by atoms with Crippen molar-refractivity contribution < 1.29 is 13.3 Å². The van der Waals surface area contributed by atoms with Crippen molar-refractivity contribution in [2.24, 2.45) is 0 Å². The zero-order valence-corrected chi connectivity index (χ0v) is 28.2. The van der Waals surface area contributed by atoms with Gasteiger partial charge in [-0.15, -0.1) is 0 Å². The van der Waals surface area contributed by atoms with Crippen LogP contribution in [-0.4, -0.2) is 9.97 Å². The summed E-state index contributed by atoms with van der Waals surface area (Å²) in [6.45, 7) is 0. The Balaban J connectivity index is 1.03. The van der Waals surface area contributed by atoms with Gasteiger partial charge in [0.15, 0.2) is 11.2 Å². The first-order valence-corrected chi connectivity index (χ1v) is 17.5. The molecule has 0 spiro atoms. The van der Waals surface area contributed by atoms with Crippen molar-refractivity contribution in [1.82, 2.24) is 9.97 Å². The summed E-state index contributed by atoms with van der Waals surface area (Å²) in [6, 6.07) is 53.5. The maximum atomic E-state index is 6.58. The quantitative estimate of drug-likeness (QED) is 0.173. The lowest BCUT2D eigenvalue weighted by Gasteiger charge is -2.24. The zero-order chi connectivity index (χ0) is 34.9. The van der Waals surface area contributed by atoms with E-state index in [1.165, 1.54) is 0 Å². The molecule has 11 aromatic rings. The summed E-state index contributed by atoms with van der Waals surface area (Å²) in [7, 11) is 0. The third-order valence-corrected chi connectivity index (χ3v) is 9.91. The number of nitrogens with zero attached hydrogens (tertiary/aromatic N) is 4. The minimum Gasteiger partial charge on any atom is -0.456 e. The van der Waals surface area contributed by atoms with E-state index in [1.54, 1.807) is 0 Å². The predicted molar refractivity (Wildman–Crippen MR) is 213 cm³/mol. The van der Waals surface area contributed by atoms with Crippen molar-refractivity contribution >= 4 is 100 Å². The third kappa shape index (κ3) is 4.75. The third-order valence-electron chi connectivity index (χ3n) is 9.91. The molecule has 0 aliphatic carbocycles. The second-order valence-corrected chi connectivity index (χ2v) is 13.1. The Morgan fingerprint density at radius 2 is 0.679 bits per heavy atom. The number of hydrogen-bond donors (Lipinski definition) is 0. The van der Waals surface area contributed by atoms with Gasteiger partial charge in [-0.2, -0.15) is 0 Å². The van der Waals surface area contributed by atoms with Gasteiger partial charge in [0.2, 0.25) is 0 Å². The number of hydrogen-bond acceptors (Lipinski definition) is 7. The van der Waals surface area contributed by atoms with Crippen LogP contribution in [0.4, 0.5) is 34.1 Å². The van der Waals surface area contributed by atoms with Crippen molar-refractivity contribution in [3.05, 3.63) is 170 Å². The lowest BCUT2D eigenvalue weighted by molar-refractivity contribution is 0.667. The molecule has 6 aromatic carbocycles. The van der Waals surface area contributed by atoms with Gasteiger partial charge < -0.3 is 23.1 Å². The molecule has 5 heterocycles. The van der Waals surface area contributed by atoms with E-state index in [1.807, 2.05) is 97.3 Å². The Kier molecular flexibility index (Phi) is 6.42.